The van der Waals surface area contributed by atoms with Gasteiger partial charge in [0.2, 0.25) is 0 Å². The molecule has 0 amide bonds. The highest BCUT2D eigenvalue weighted by Crippen LogP contribution is 1.91. The Balaban J connectivity index is 4.25. The van der Waals surface area contributed by atoms with Crippen LogP contribution in [-0.2, 0) is 9.68 Å². The van der Waals surface area contributed by atoms with Crippen LogP contribution in [0.15, 0.2) is 10.3 Å². The van der Waals surface area contributed by atoms with Crippen LogP contribution in [-0.4, -0.2) is 25.6 Å². The molecular formula is C7H14N2O2. The third kappa shape index (κ3) is 3.60. The van der Waals surface area contributed by atoms with Crippen molar-refractivity contribution in [3.63, 3.8) is 0 Å². The molecule has 0 unspecified atom stereocenters. The summed E-state index contributed by atoms with van der Waals surface area (Å²) in [6.07, 6.45) is 0.784. The second-order valence-corrected chi connectivity index (χ2v) is 1.93. The van der Waals surface area contributed by atoms with E-state index in [2.05, 4.69) is 20.0 Å². The van der Waals surface area contributed by atoms with Crippen molar-refractivity contribution < 1.29 is 9.68 Å². The summed E-state index contributed by atoms with van der Waals surface area (Å²) < 4.78 is 0. The lowest BCUT2D eigenvalue weighted by Crippen LogP contribution is -2.09. The first-order valence-corrected chi connectivity index (χ1v) is 3.44. The summed E-state index contributed by atoms with van der Waals surface area (Å²) in [6, 6.07) is 0. The van der Waals surface area contributed by atoms with E-state index < -0.39 is 0 Å². The molecule has 0 bridgehead atoms. The van der Waals surface area contributed by atoms with Gasteiger partial charge in [0, 0.05) is 0 Å². The van der Waals surface area contributed by atoms with Crippen molar-refractivity contribution in [2.75, 3.05) is 14.2 Å². The summed E-state index contributed by atoms with van der Waals surface area (Å²) in [7, 11) is 3.01. The van der Waals surface area contributed by atoms with Crippen molar-refractivity contribution in [1.29, 1.82) is 0 Å². The van der Waals surface area contributed by atoms with Crippen LogP contribution >= 0.6 is 0 Å². The Kier molecular flexibility index (Phi) is 5.15. The van der Waals surface area contributed by atoms with Crippen molar-refractivity contribution in [3.05, 3.63) is 0 Å². The van der Waals surface area contributed by atoms with Gasteiger partial charge in [-0.2, -0.15) is 0 Å². The molecule has 0 aromatic heterocycles. The van der Waals surface area contributed by atoms with E-state index in [1.165, 1.54) is 14.2 Å². The van der Waals surface area contributed by atoms with E-state index in [9.17, 15) is 0 Å². The number of nitrogens with zero attached hydrogens (tertiary/aromatic N) is 2. The Morgan fingerprint density at radius 2 is 1.73 bits per heavy atom. The van der Waals surface area contributed by atoms with Gasteiger partial charge in [0.05, 0.1) is 0 Å². The maximum Gasteiger partial charge on any atom is 0.106 e. The fourth-order valence-corrected chi connectivity index (χ4v) is 0.686. The van der Waals surface area contributed by atoms with Crippen molar-refractivity contribution in [1.82, 2.24) is 0 Å². The minimum atomic E-state index is 0.747. The summed E-state index contributed by atoms with van der Waals surface area (Å²) in [5, 5.41) is 7.49. The largest absolute Gasteiger partial charge is 0.399 e. The van der Waals surface area contributed by atoms with Gasteiger partial charge in [0.1, 0.15) is 25.6 Å². The summed E-state index contributed by atoms with van der Waals surface area (Å²) >= 11 is 0. The Hall–Kier alpha value is -1.06. The molecule has 4 nitrogen and oxygen atoms in total. The lowest BCUT2D eigenvalue weighted by molar-refractivity contribution is 0.209. The third-order valence-electron chi connectivity index (χ3n) is 1.18. The number of oxime groups is 2. The predicted molar refractivity (Wildman–Crippen MR) is 44.9 cm³/mol. The van der Waals surface area contributed by atoms with Gasteiger partial charge < -0.3 is 9.68 Å². The molecular weight excluding hydrogens is 144 g/mol. The molecule has 0 atom stereocenters. The second kappa shape index (κ2) is 5.70. The molecule has 0 aliphatic rings. The molecule has 11 heavy (non-hydrogen) atoms. The molecule has 0 rings (SSSR count). The molecule has 0 N–H and O–H groups in total. The molecule has 0 heterocycles. The summed E-state index contributed by atoms with van der Waals surface area (Å²) in [4.78, 5) is 9.20. The number of hydrogen-bond acceptors (Lipinski definition) is 4. The van der Waals surface area contributed by atoms with Gasteiger partial charge in [-0.1, -0.05) is 17.2 Å². The first-order chi connectivity index (χ1) is 5.26. The maximum atomic E-state index is 4.61. The fraction of sp³-hybridized carbons (Fsp3) is 0.714. The van der Waals surface area contributed by atoms with Crippen molar-refractivity contribution in [2.24, 2.45) is 10.3 Å². The normalized spacial score (nSPS) is 13.1. The van der Waals surface area contributed by atoms with E-state index in [0.717, 1.165) is 17.8 Å². The van der Waals surface area contributed by atoms with E-state index in [1.807, 2.05) is 13.8 Å². The Morgan fingerprint density at radius 3 is 2.09 bits per heavy atom. The zero-order valence-corrected chi connectivity index (χ0v) is 7.42. The summed E-state index contributed by atoms with van der Waals surface area (Å²) in [6.45, 7) is 3.80. The lowest BCUT2D eigenvalue weighted by atomic mass is 10.2. The van der Waals surface area contributed by atoms with E-state index in [0.29, 0.717) is 0 Å². The molecule has 0 radical (unpaired) electrons. The first-order valence-electron chi connectivity index (χ1n) is 3.44. The van der Waals surface area contributed by atoms with Gasteiger partial charge in [-0.3, -0.25) is 0 Å². The van der Waals surface area contributed by atoms with Gasteiger partial charge in [0.25, 0.3) is 0 Å². The van der Waals surface area contributed by atoms with Crippen molar-refractivity contribution in [3.8, 4) is 0 Å². The van der Waals surface area contributed by atoms with Gasteiger partial charge in [-0.05, 0) is 13.3 Å². The zero-order chi connectivity index (χ0) is 8.69. The topological polar surface area (TPSA) is 43.2 Å². The Bertz CT molecular complexity index is 164. The van der Waals surface area contributed by atoms with E-state index in [-0.39, 0.29) is 0 Å². The highest BCUT2D eigenvalue weighted by molar-refractivity contribution is 6.41. The molecule has 0 fully saturated rings. The van der Waals surface area contributed by atoms with Crippen molar-refractivity contribution in [2.45, 2.75) is 20.3 Å². The predicted octanol–water partition coefficient (Wildman–Crippen LogP) is 1.42. The van der Waals surface area contributed by atoms with Gasteiger partial charge >= 0.3 is 0 Å². The third-order valence-corrected chi connectivity index (χ3v) is 1.18. The average molecular weight is 158 g/mol. The van der Waals surface area contributed by atoms with Crippen LogP contribution in [0.25, 0.3) is 0 Å². The monoisotopic (exact) mass is 158 g/mol. The molecule has 0 aromatic carbocycles. The molecule has 4 heteroatoms. The molecule has 0 aliphatic carbocycles. The standard InChI is InChI=1S/C7H14N2O2/c1-5-7(9-11-4)6(2)8-10-3/h5H2,1-4H3. The number of rotatable bonds is 4. The highest BCUT2D eigenvalue weighted by atomic mass is 16.6. The summed E-state index contributed by atoms with van der Waals surface area (Å²) in [5.74, 6) is 0. The van der Waals surface area contributed by atoms with Crippen LogP contribution in [0.2, 0.25) is 0 Å². The van der Waals surface area contributed by atoms with Crippen LogP contribution in [0.1, 0.15) is 20.3 Å². The second-order valence-electron chi connectivity index (χ2n) is 1.93. The molecule has 0 aliphatic heterocycles. The van der Waals surface area contributed by atoms with Crippen LogP contribution < -0.4 is 0 Å². The smallest absolute Gasteiger partial charge is 0.106 e. The quantitative estimate of drug-likeness (QED) is 0.458. The van der Waals surface area contributed by atoms with Crippen LogP contribution in [0.4, 0.5) is 0 Å². The van der Waals surface area contributed by atoms with Crippen LogP contribution in [0, 0.1) is 0 Å². The SMILES string of the molecule is CCC(=NOC)C(C)=NOC. The Morgan fingerprint density at radius 1 is 1.18 bits per heavy atom. The molecule has 0 spiro atoms. The van der Waals surface area contributed by atoms with Crippen LogP contribution in [0.3, 0.4) is 0 Å². The van der Waals surface area contributed by atoms with Crippen molar-refractivity contribution >= 4 is 11.4 Å². The number of hydrogen-bond donors (Lipinski definition) is 0. The highest BCUT2D eigenvalue weighted by Gasteiger charge is 2.01. The maximum absolute atomic E-state index is 4.61. The van der Waals surface area contributed by atoms with E-state index in [4.69, 9.17) is 0 Å². The molecule has 0 aromatic rings. The molecule has 0 saturated heterocycles. The first kappa shape index (κ1) is 9.94. The van der Waals surface area contributed by atoms with E-state index in [1.54, 1.807) is 0 Å². The lowest BCUT2D eigenvalue weighted by Gasteiger charge is -1.99. The molecule has 0 saturated carbocycles. The minimum absolute atomic E-state index is 0.747. The average Bonchev–Trinajstić information content (AvgIpc) is 2.00. The van der Waals surface area contributed by atoms with Gasteiger partial charge in [-0.15, -0.1) is 0 Å². The van der Waals surface area contributed by atoms with Gasteiger partial charge in [-0.25, -0.2) is 0 Å². The van der Waals surface area contributed by atoms with Crippen LogP contribution in [0.5, 0.6) is 0 Å². The minimum Gasteiger partial charge on any atom is -0.399 e. The fourth-order valence-electron chi connectivity index (χ4n) is 0.686. The zero-order valence-electron chi connectivity index (χ0n) is 7.42. The molecule has 64 valence electrons. The van der Waals surface area contributed by atoms with E-state index >= 15 is 0 Å². The summed E-state index contributed by atoms with van der Waals surface area (Å²) in [5.41, 5.74) is 1.55. The van der Waals surface area contributed by atoms with Gasteiger partial charge in [0.15, 0.2) is 0 Å². The Labute approximate surface area is 66.9 Å².